The van der Waals surface area contributed by atoms with E-state index < -0.39 is 0 Å². The maximum atomic E-state index is 6.45. The van der Waals surface area contributed by atoms with Crippen molar-refractivity contribution in [1.82, 2.24) is 18.3 Å². The lowest BCUT2D eigenvalue weighted by Crippen LogP contribution is -1.95. The maximum Gasteiger partial charge on any atom is 0.137 e. The Labute approximate surface area is 660 Å². The second kappa shape index (κ2) is 26.5. The van der Waals surface area contributed by atoms with Gasteiger partial charge < -0.3 is 22.7 Å². The van der Waals surface area contributed by atoms with E-state index in [1.54, 1.807) is 0 Å². The topological polar surface area (TPSA) is 32.9 Å². The van der Waals surface area contributed by atoms with E-state index in [0.29, 0.717) is 0 Å². The molecule has 0 atom stereocenters. The standard InChI is InChI=1S/C54H34N2O.C54H34N2S/c1-3-12-35(13-4-1)37-22-26-41(27-23-37)55-48-20-9-7-18-43(48)46-33-39(24-29-49(46)55)40-25-30-50-47(34-40)44-28-31-52-53(45-19-8-10-21-51(45)57-52)54(44)56(50)42-17-11-16-38(32-42)36-14-5-2-6-15-36;1-3-12-35(13-4-1)37-22-26-41(27-23-37)55-49-20-9-7-18-43(49)45-31-39(24-28-50(45)55)40-25-29-51-46(32-40)47-33-48-44-19-8-10-21-53(44)57-54(48)34-52(47)56(51)42-17-11-16-38(30-42)36-14-5-2-6-15-36/h2*1-34H. The summed E-state index contributed by atoms with van der Waals surface area (Å²) >= 11 is 1.88. The highest BCUT2D eigenvalue weighted by atomic mass is 32.1. The van der Waals surface area contributed by atoms with Crippen LogP contribution in [0.5, 0.6) is 0 Å². The van der Waals surface area contributed by atoms with Crippen molar-refractivity contribution in [2.45, 2.75) is 0 Å². The van der Waals surface area contributed by atoms with Crippen molar-refractivity contribution in [2.24, 2.45) is 0 Å². The number of nitrogens with zero attached hydrogens (tertiary/aromatic N) is 4. The van der Waals surface area contributed by atoms with Gasteiger partial charge in [0.1, 0.15) is 11.2 Å². The minimum Gasteiger partial charge on any atom is -0.456 e. The molecule has 114 heavy (non-hydrogen) atoms. The number of hydrogen-bond acceptors (Lipinski definition) is 2. The summed E-state index contributed by atoms with van der Waals surface area (Å²) in [4.78, 5) is 0. The zero-order chi connectivity index (χ0) is 74.9. The molecule has 6 heteroatoms. The Hall–Kier alpha value is -14.8. The van der Waals surface area contributed by atoms with Gasteiger partial charge in [-0.2, -0.15) is 0 Å². The van der Waals surface area contributed by atoms with Crippen molar-refractivity contribution in [3.05, 3.63) is 413 Å². The van der Waals surface area contributed by atoms with Gasteiger partial charge in [0.25, 0.3) is 0 Å². The summed E-state index contributed by atoms with van der Waals surface area (Å²) in [5.41, 5.74) is 30.4. The molecule has 0 bridgehead atoms. The van der Waals surface area contributed by atoms with Crippen LogP contribution in [0.15, 0.2) is 417 Å². The second-order valence-corrected chi connectivity index (χ2v) is 30.9. The molecular formula is C108H68N4OS. The van der Waals surface area contributed by atoms with Gasteiger partial charge in [-0.1, -0.05) is 267 Å². The zero-order valence-corrected chi connectivity index (χ0v) is 62.7. The molecule has 0 spiro atoms. The average Bonchev–Trinajstić information content (AvgIpc) is 1.56. The quantitative estimate of drug-likeness (QED) is 0.134. The molecule has 0 fully saturated rings. The molecule has 24 aromatic rings. The third-order valence-electron chi connectivity index (χ3n) is 23.4. The van der Waals surface area contributed by atoms with Crippen LogP contribution in [-0.2, 0) is 0 Å². The van der Waals surface area contributed by atoms with E-state index in [-0.39, 0.29) is 0 Å². The van der Waals surface area contributed by atoms with Crippen LogP contribution in [0.1, 0.15) is 0 Å². The summed E-state index contributed by atoms with van der Waals surface area (Å²) in [6.07, 6.45) is 0. The summed E-state index contributed by atoms with van der Waals surface area (Å²) in [6.45, 7) is 0. The van der Waals surface area contributed by atoms with Gasteiger partial charge in [-0.25, -0.2) is 0 Å². The summed E-state index contributed by atoms with van der Waals surface area (Å²) in [7, 11) is 0. The Kier molecular flexibility index (Phi) is 15.1. The number of hydrogen-bond donors (Lipinski definition) is 0. The number of fused-ring (bicyclic) bond motifs is 19. The van der Waals surface area contributed by atoms with Crippen LogP contribution in [0.3, 0.4) is 0 Å². The molecule has 0 saturated carbocycles. The van der Waals surface area contributed by atoms with Crippen LogP contribution in [-0.4, -0.2) is 18.3 Å². The molecule has 0 unspecified atom stereocenters. The van der Waals surface area contributed by atoms with Crippen molar-refractivity contribution in [2.75, 3.05) is 0 Å². The number of rotatable bonds is 10. The Balaban J connectivity index is 0.000000135. The highest BCUT2D eigenvalue weighted by Gasteiger charge is 2.24. The number of benzene rings is 18. The highest BCUT2D eigenvalue weighted by molar-refractivity contribution is 7.25. The summed E-state index contributed by atoms with van der Waals surface area (Å²) < 4.78 is 18.8. The lowest BCUT2D eigenvalue weighted by Gasteiger charge is -2.11. The molecule has 0 aliphatic heterocycles. The average molecular weight is 1470 g/mol. The molecule has 0 saturated heterocycles. The minimum atomic E-state index is 0.892. The Morgan fingerprint density at radius 3 is 1.03 bits per heavy atom. The Morgan fingerprint density at radius 2 is 0.518 bits per heavy atom. The van der Waals surface area contributed by atoms with E-state index in [1.165, 1.54) is 163 Å². The van der Waals surface area contributed by atoms with Gasteiger partial charge in [0, 0.05) is 91.4 Å². The molecule has 0 N–H and O–H groups in total. The summed E-state index contributed by atoms with van der Waals surface area (Å²) in [6, 6.07) is 150. The molecular weight excluding hydrogens is 1400 g/mol. The van der Waals surface area contributed by atoms with E-state index >= 15 is 0 Å². The number of para-hydroxylation sites is 3. The van der Waals surface area contributed by atoms with Crippen molar-refractivity contribution in [1.29, 1.82) is 0 Å². The lowest BCUT2D eigenvalue weighted by atomic mass is 10.00. The van der Waals surface area contributed by atoms with E-state index in [0.717, 1.165) is 55.7 Å². The number of thiophene rings is 1. The largest absolute Gasteiger partial charge is 0.456 e. The maximum absolute atomic E-state index is 6.45. The van der Waals surface area contributed by atoms with E-state index in [4.69, 9.17) is 4.42 Å². The first-order chi connectivity index (χ1) is 56.5. The summed E-state index contributed by atoms with van der Waals surface area (Å²) in [5.74, 6) is 0. The van der Waals surface area contributed by atoms with Crippen molar-refractivity contribution in [3.8, 4) is 89.5 Å². The van der Waals surface area contributed by atoms with Crippen molar-refractivity contribution >= 4 is 141 Å². The van der Waals surface area contributed by atoms with E-state index in [1.807, 2.05) is 17.4 Å². The predicted molar refractivity (Wildman–Crippen MR) is 483 cm³/mol. The van der Waals surface area contributed by atoms with Crippen molar-refractivity contribution in [3.63, 3.8) is 0 Å². The molecule has 0 radical (unpaired) electrons. The fraction of sp³-hybridized carbons (Fsp3) is 0. The van der Waals surface area contributed by atoms with Crippen LogP contribution in [0.4, 0.5) is 0 Å². The van der Waals surface area contributed by atoms with Gasteiger partial charge in [-0.3, -0.25) is 0 Å². The molecule has 0 amide bonds. The molecule has 532 valence electrons. The molecule has 5 nitrogen and oxygen atoms in total. The number of aromatic nitrogens is 4. The van der Waals surface area contributed by atoms with Gasteiger partial charge in [0.05, 0.1) is 49.5 Å². The monoisotopic (exact) mass is 1470 g/mol. The second-order valence-electron chi connectivity index (χ2n) is 29.9. The van der Waals surface area contributed by atoms with Gasteiger partial charge in [-0.05, 0) is 212 Å². The normalized spacial score (nSPS) is 11.9. The SMILES string of the molecule is c1ccc(-c2ccc(-n3c4ccccc4c4cc(-c5ccc6c(c5)c5cc7c(cc5n6-c5cccc(-c6ccccc6)c5)sc5ccccc57)ccc43)cc2)cc1.c1ccc(-c2ccc(-n3c4ccccc4c4cc(-c5ccc6c(c5)c5ccc7oc8ccccc8c7c5n6-c5cccc(-c6ccccc6)c5)ccc43)cc2)cc1. The fourth-order valence-corrected chi connectivity index (χ4v) is 19.2. The molecule has 6 heterocycles. The van der Waals surface area contributed by atoms with E-state index in [2.05, 4.69) is 425 Å². The molecule has 24 rings (SSSR count). The first kappa shape index (κ1) is 65.1. The zero-order valence-electron chi connectivity index (χ0n) is 61.9. The molecule has 18 aromatic carbocycles. The third kappa shape index (κ3) is 10.7. The van der Waals surface area contributed by atoms with E-state index in [9.17, 15) is 0 Å². The minimum absolute atomic E-state index is 0.892. The lowest BCUT2D eigenvalue weighted by molar-refractivity contribution is 0.669. The molecule has 0 aliphatic carbocycles. The highest BCUT2D eigenvalue weighted by Crippen LogP contribution is 2.47. The van der Waals surface area contributed by atoms with Gasteiger partial charge in [-0.15, -0.1) is 11.3 Å². The van der Waals surface area contributed by atoms with Crippen LogP contribution < -0.4 is 0 Å². The van der Waals surface area contributed by atoms with Gasteiger partial charge >= 0.3 is 0 Å². The van der Waals surface area contributed by atoms with Crippen LogP contribution in [0, 0.1) is 0 Å². The van der Waals surface area contributed by atoms with Crippen LogP contribution >= 0.6 is 11.3 Å². The van der Waals surface area contributed by atoms with Crippen LogP contribution in [0.25, 0.3) is 219 Å². The predicted octanol–water partition coefficient (Wildman–Crippen LogP) is 30.0. The Bertz CT molecular complexity index is 7720. The first-order valence-corrected chi connectivity index (χ1v) is 39.8. The van der Waals surface area contributed by atoms with Crippen LogP contribution in [0.2, 0.25) is 0 Å². The number of furan rings is 1. The molecule has 0 aliphatic rings. The van der Waals surface area contributed by atoms with Gasteiger partial charge in [0.2, 0.25) is 0 Å². The van der Waals surface area contributed by atoms with Crippen molar-refractivity contribution < 1.29 is 4.42 Å². The Morgan fingerprint density at radius 1 is 0.167 bits per heavy atom. The first-order valence-electron chi connectivity index (χ1n) is 39.0. The van der Waals surface area contributed by atoms with Gasteiger partial charge in [0.15, 0.2) is 0 Å². The molecule has 6 aromatic heterocycles. The fourth-order valence-electron chi connectivity index (χ4n) is 18.1. The summed E-state index contributed by atoms with van der Waals surface area (Å²) in [5, 5.41) is 14.8. The smallest absolute Gasteiger partial charge is 0.137 e. The third-order valence-corrected chi connectivity index (χ3v) is 24.6.